The fraction of sp³-hybridized carbons (Fsp3) is 0.190. The van der Waals surface area contributed by atoms with E-state index in [1.165, 1.54) is 59.7 Å². The molecule has 0 radical (unpaired) electrons. The summed E-state index contributed by atoms with van der Waals surface area (Å²) in [5.41, 5.74) is 14.0. The lowest BCUT2D eigenvalue weighted by molar-refractivity contribution is -0.630. The maximum atomic E-state index is 12.2. The third-order valence-corrected chi connectivity index (χ3v) is 23.1. The molecule has 0 aliphatic rings. The van der Waals surface area contributed by atoms with Gasteiger partial charge in [0, 0.05) is 69.9 Å². The van der Waals surface area contributed by atoms with Crippen LogP contribution in [0.3, 0.4) is 0 Å². The molecule has 12 rings (SSSR count). The lowest BCUT2D eigenvalue weighted by atomic mass is 10.2. The summed E-state index contributed by atoms with van der Waals surface area (Å²) in [6.45, 7) is 3.41. The van der Waals surface area contributed by atoms with Crippen molar-refractivity contribution in [2.45, 2.75) is 23.6 Å². The monoisotopic (exact) mass is 1170 g/mol. The number of hydrogen-bond acceptors (Lipinski definition) is 11. The van der Waals surface area contributed by atoms with Crippen LogP contribution in [0.4, 0.5) is 11.4 Å². The molecule has 0 spiro atoms. The van der Waals surface area contributed by atoms with E-state index in [2.05, 4.69) is 162 Å². The number of nitrogens with zero attached hydrogens (tertiary/aromatic N) is 7. The minimum absolute atomic E-state index is 0.0103. The van der Waals surface area contributed by atoms with Gasteiger partial charge in [-0.15, -0.1) is 0 Å². The highest BCUT2D eigenvalue weighted by atomic mass is 32.2. The molecular weight excluding hydrogens is 1120 g/mol. The smallest absolute Gasteiger partial charge is 0.296 e. The van der Waals surface area contributed by atoms with E-state index in [4.69, 9.17) is 0 Å². The van der Waals surface area contributed by atoms with Crippen LogP contribution in [0.2, 0.25) is 0 Å². The maximum Gasteiger partial charge on any atom is 0.296 e. The summed E-state index contributed by atoms with van der Waals surface area (Å²) in [6.07, 6.45) is 0. The lowest BCUT2D eigenvalue weighted by Crippen LogP contribution is -2.29. The number of aryl methyl sites for hydroxylation is 7. The Morgan fingerprint density at radius 3 is 0.910 bits per heavy atom. The minimum Gasteiger partial charge on any atom is -0.378 e. The van der Waals surface area contributed by atoms with E-state index in [1.54, 1.807) is 60.0 Å². The van der Waals surface area contributed by atoms with Crippen molar-refractivity contribution in [1.29, 1.82) is 0 Å². The fourth-order valence-electron chi connectivity index (χ4n) is 10.1. The van der Waals surface area contributed by atoms with E-state index in [-0.39, 0.29) is 9.79 Å². The van der Waals surface area contributed by atoms with E-state index < -0.39 is 20.2 Å². The number of aromatic nitrogens is 5. The largest absolute Gasteiger partial charge is 0.378 e. The van der Waals surface area contributed by atoms with E-state index in [0.717, 1.165) is 68.9 Å². The second kappa shape index (κ2) is 19.9. The first kappa shape index (κ1) is 53.4. The van der Waals surface area contributed by atoms with Crippen molar-refractivity contribution in [3.05, 3.63) is 139 Å². The second-order valence-electron chi connectivity index (χ2n) is 19.8. The maximum absolute atomic E-state index is 12.2. The summed E-state index contributed by atoms with van der Waals surface area (Å²) < 4.78 is 83.8. The third kappa shape index (κ3) is 9.35. The van der Waals surface area contributed by atoms with Gasteiger partial charge in [0.05, 0.1) is 27.8 Å². The number of thiazole rings is 5. The summed E-state index contributed by atoms with van der Waals surface area (Å²) >= 11 is 8.04. The first-order valence-electron chi connectivity index (χ1n) is 24.6. The highest BCUT2D eigenvalue weighted by Gasteiger charge is 2.31. The highest BCUT2D eigenvalue weighted by Crippen LogP contribution is 2.40. The van der Waals surface area contributed by atoms with Crippen molar-refractivity contribution < 1.29 is 48.8 Å². The van der Waals surface area contributed by atoms with Crippen molar-refractivity contribution >= 4 is 139 Å². The van der Waals surface area contributed by atoms with Gasteiger partial charge >= 0.3 is 0 Å². The average molecular weight is 1170 g/mol. The van der Waals surface area contributed by atoms with E-state index in [0.29, 0.717) is 20.5 Å². The van der Waals surface area contributed by atoms with Gasteiger partial charge in [0.15, 0.2) is 0 Å². The molecule has 0 aliphatic heterocycles. The second-order valence-corrected chi connectivity index (χ2v) is 27.6. The van der Waals surface area contributed by atoms with Crippen LogP contribution in [-0.4, -0.2) is 54.1 Å². The van der Waals surface area contributed by atoms with Crippen LogP contribution < -0.4 is 32.6 Å². The zero-order chi connectivity index (χ0) is 55.4. The summed E-state index contributed by atoms with van der Waals surface area (Å²) in [5.74, 6) is 0. The van der Waals surface area contributed by atoms with Crippen LogP contribution in [0.15, 0.2) is 137 Å². The van der Waals surface area contributed by atoms with Gasteiger partial charge < -0.3 is 9.80 Å². The van der Waals surface area contributed by atoms with E-state index in [9.17, 15) is 25.9 Å². The van der Waals surface area contributed by atoms with Crippen LogP contribution in [0.5, 0.6) is 0 Å². The van der Waals surface area contributed by atoms with Crippen LogP contribution in [0.1, 0.15) is 11.1 Å². The molecule has 5 aromatic heterocycles. The van der Waals surface area contributed by atoms with Crippen molar-refractivity contribution in [3.8, 4) is 52.9 Å². The number of rotatable bonds is 9. The van der Waals surface area contributed by atoms with Crippen LogP contribution >= 0.6 is 56.7 Å². The molecule has 0 atom stereocenters. The van der Waals surface area contributed by atoms with Gasteiger partial charge in [-0.25, -0.2) is 0 Å². The van der Waals surface area contributed by atoms with Gasteiger partial charge in [0.2, 0.25) is 27.6 Å². The molecule has 0 aliphatic carbocycles. The Morgan fingerprint density at radius 2 is 0.615 bits per heavy atom. The Labute approximate surface area is 472 Å². The van der Waals surface area contributed by atoms with Gasteiger partial charge in [0.25, 0.3) is 45.3 Å². The quantitative estimate of drug-likeness (QED) is 0.108. The number of anilines is 2. The lowest BCUT2D eigenvalue weighted by Gasteiger charge is -2.11. The Balaban J connectivity index is 0.000000171. The van der Waals surface area contributed by atoms with Gasteiger partial charge in [0.1, 0.15) is 68.5 Å². The Bertz CT molecular complexity index is 4650. The molecule has 0 bridgehead atoms. The van der Waals surface area contributed by atoms with Gasteiger partial charge in [-0.05, 0) is 110 Å². The fourth-order valence-corrected chi connectivity index (χ4v) is 18.7. The van der Waals surface area contributed by atoms with Gasteiger partial charge in [-0.3, -0.25) is 9.11 Å². The minimum atomic E-state index is -4.36. The summed E-state index contributed by atoms with van der Waals surface area (Å²) in [5, 5.41) is 5.41. The van der Waals surface area contributed by atoms with Crippen molar-refractivity contribution in [3.63, 3.8) is 0 Å². The molecular formula is C58H56N7O6S7+5. The van der Waals surface area contributed by atoms with Crippen LogP contribution in [0.25, 0.3) is 104 Å². The van der Waals surface area contributed by atoms with Crippen molar-refractivity contribution in [2.75, 3.05) is 38.0 Å². The molecule has 5 heterocycles. The molecule has 396 valence electrons. The topological polar surface area (TPSA) is 135 Å². The first-order valence-corrected chi connectivity index (χ1v) is 31.6. The van der Waals surface area contributed by atoms with Gasteiger partial charge in [-0.1, -0.05) is 68.8 Å². The standard InChI is InChI=1S/C33H30N4O3S4.C25H24N3O3S3/c1-19-7-14-26-29(30(19)44(38,39)40)43-33(37(26)6)22-11-16-25-28(18-22)42-32(36(25)5)21-10-15-24-27(17-21)41-31(35(24)4)20-8-12-23(13-9-20)34(2)3;1-15-6-12-20-22(23(15)34(29,30)31)33-25(28(20)5)17-9-13-19-21(14-17)32-24(27(19)4)16-7-10-18(11-8-16)26(2)3/h7-18H,1-6H3;6-14H,1-5H3/q+2;+1/p+2. The summed E-state index contributed by atoms with van der Waals surface area (Å²) in [6, 6.07) is 43.9. The zero-order valence-corrected chi connectivity index (χ0v) is 50.4. The summed E-state index contributed by atoms with van der Waals surface area (Å²) in [4.78, 5) is 4.17. The molecule has 2 N–H and O–H groups in total. The molecule has 13 nitrogen and oxygen atoms in total. The molecule has 0 saturated carbocycles. The van der Waals surface area contributed by atoms with Crippen LogP contribution in [0, 0.1) is 13.8 Å². The first-order chi connectivity index (χ1) is 37.0. The Kier molecular flexibility index (Phi) is 13.7. The predicted molar refractivity (Wildman–Crippen MR) is 321 cm³/mol. The number of hydrogen-bond donors (Lipinski definition) is 2. The molecule has 12 aromatic rings. The Hall–Kier alpha value is -6.59. The van der Waals surface area contributed by atoms with E-state index >= 15 is 0 Å². The molecule has 0 fully saturated rings. The van der Waals surface area contributed by atoms with E-state index in [1.807, 2.05) is 49.5 Å². The number of fused-ring (bicyclic) bond motifs is 5. The average Bonchev–Trinajstić information content (AvgIpc) is 4.38. The molecule has 0 amide bonds. The molecule has 0 saturated heterocycles. The van der Waals surface area contributed by atoms with Crippen LogP contribution in [-0.2, 0) is 55.5 Å². The number of benzene rings is 7. The third-order valence-electron chi connectivity index (χ3n) is 14.3. The molecule has 0 unspecified atom stereocenters. The van der Waals surface area contributed by atoms with Crippen molar-refractivity contribution in [2.24, 2.45) is 35.2 Å². The highest BCUT2D eigenvalue weighted by molar-refractivity contribution is 7.86. The van der Waals surface area contributed by atoms with Gasteiger partial charge in [-0.2, -0.15) is 39.7 Å². The normalized spacial score (nSPS) is 12.1. The zero-order valence-electron chi connectivity index (χ0n) is 44.6. The molecule has 20 heteroatoms. The Morgan fingerprint density at radius 1 is 0.359 bits per heavy atom. The predicted octanol–water partition coefficient (Wildman–Crippen LogP) is 11.1. The summed E-state index contributed by atoms with van der Waals surface area (Å²) in [7, 11) is 9.65. The molecule has 78 heavy (non-hydrogen) atoms. The molecule has 7 aromatic carbocycles. The SMILES string of the molecule is Cc1ccc2c(sc(-c3ccc4c(c3)sc(-c3ccc(N(C)C)cc3)[n+]4C)[n+]2C)c1S(=O)(=O)O.Cc1ccc2c(sc(-c3ccc4c(c3)sc(-c3ccc5c(c3)sc(-c3ccc(N(C)C)cc3)[n+]5C)[n+]4C)[n+]2C)c1S(=O)(=O)O. The van der Waals surface area contributed by atoms with Crippen molar-refractivity contribution in [1.82, 2.24) is 0 Å².